The minimum atomic E-state index is 0.599. The van der Waals surface area contributed by atoms with Gasteiger partial charge in [0.05, 0.1) is 7.11 Å². The van der Waals surface area contributed by atoms with E-state index in [0.29, 0.717) is 11.6 Å². The second kappa shape index (κ2) is 6.37. The van der Waals surface area contributed by atoms with Crippen molar-refractivity contribution in [3.63, 3.8) is 0 Å². The number of furan rings is 1. The Morgan fingerprint density at radius 2 is 1.89 bits per heavy atom. The molecule has 0 unspecified atom stereocenters. The minimum absolute atomic E-state index is 0.599. The fourth-order valence-corrected chi connectivity index (χ4v) is 3.57. The molecule has 0 amide bonds. The summed E-state index contributed by atoms with van der Waals surface area (Å²) in [6.45, 7) is 0. The zero-order chi connectivity index (χ0) is 18.2. The molecule has 0 spiro atoms. The van der Waals surface area contributed by atoms with Crippen molar-refractivity contribution >= 4 is 39.4 Å². The lowest BCUT2D eigenvalue weighted by molar-refractivity contribution is 0.415. The van der Waals surface area contributed by atoms with Crippen LogP contribution in [0.3, 0.4) is 0 Å². The molecule has 27 heavy (non-hydrogen) atoms. The quantitative estimate of drug-likeness (QED) is 0.453. The molecule has 0 atom stereocenters. The summed E-state index contributed by atoms with van der Waals surface area (Å²) in [4.78, 5) is 0.722. The number of ether oxygens (including phenoxy) is 1. The molecule has 0 bridgehead atoms. The molecular formula is C20H14N4O2S. The third kappa shape index (κ3) is 2.88. The van der Waals surface area contributed by atoms with Crippen molar-refractivity contribution in [2.24, 2.45) is 0 Å². The standard InChI is InChI=1S/C20H14N4O2S/c1-25-15-9-6-13(7-10-15)8-11-18-23-24-19(21-22-20(24)27-18)17-12-14-4-2-3-5-16(14)26-17/h2-12H,1H3. The van der Waals surface area contributed by atoms with Gasteiger partial charge < -0.3 is 9.15 Å². The normalized spacial score (nSPS) is 11.7. The Morgan fingerprint density at radius 3 is 2.70 bits per heavy atom. The van der Waals surface area contributed by atoms with Gasteiger partial charge in [0.15, 0.2) is 5.76 Å². The molecule has 5 rings (SSSR count). The number of benzene rings is 2. The van der Waals surface area contributed by atoms with Crippen LogP contribution < -0.4 is 4.74 Å². The smallest absolute Gasteiger partial charge is 0.235 e. The molecule has 6 nitrogen and oxygen atoms in total. The highest BCUT2D eigenvalue weighted by Crippen LogP contribution is 2.28. The summed E-state index contributed by atoms with van der Waals surface area (Å²) >= 11 is 1.47. The van der Waals surface area contributed by atoms with Gasteiger partial charge in [-0.15, -0.1) is 10.2 Å². The first-order chi connectivity index (χ1) is 13.3. The number of fused-ring (bicyclic) bond motifs is 2. The first-order valence-electron chi connectivity index (χ1n) is 8.33. The van der Waals surface area contributed by atoms with Crippen molar-refractivity contribution in [2.45, 2.75) is 0 Å². The van der Waals surface area contributed by atoms with Crippen molar-refractivity contribution in [1.29, 1.82) is 0 Å². The monoisotopic (exact) mass is 374 g/mol. The minimum Gasteiger partial charge on any atom is -0.497 e. The van der Waals surface area contributed by atoms with E-state index in [1.165, 1.54) is 11.3 Å². The molecule has 0 aliphatic carbocycles. The van der Waals surface area contributed by atoms with Crippen LogP contribution in [0.5, 0.6) is 5.75 Å². The maximum atomic E-state index is 5.89. The predicted octanol–water partition coefficient (Wildman–Crippen LogP) is 4.78. The number of aromatic nitrogens is 4. The third-order valence-corrected chi connectivity index (χ3v) is 5.05. The summed E-state index contributed by atoms with van der Waals surface area (Å²) in [5.41, 5.74) is 1.89. The second-order valence-corrected chi connectivity index (χ2v) is 6.90. The molecule has 3 heterocycles. The zero-order valence-electron chi connectivity index (χ0n) is 14.4. The highest BCUT2D eigenvalue weighted by Gasteiger charge is 2.16. The lowest BCUT2D eigenvalue weighted by atomic mass is 10.2. The molecule has 5 aromatic rings. The average molecular weight is 374 g/mol. The zero-order valence-corrected chi connectivity index (χ0v) is 15.2. The van der Waals surface area contributed by atoms with Crippen molar-refractivity contribution in [1.82, 2.24) is 19.8 Å². The van der Waals surface area contributed by atoms with Gasteiger partial charge in [-0.2, -0.15) is 9.61 Å². The van der Waals surface area contributed by atoms with Crippen LogP contribution in [-0.2, 0) is 0 Å². The van der Waals surface area contributed by atoms with Gasteiger partial charge in [0, 0.05) is 5.39 Å². The van der Waals surface area contributed by atoms with E-state index in [1.54, 1.807) is 11.6 Å². The number of methoxy groups -OCH3 is 1. The molecule has 0 saturated heterocycles. The second-order valence-electron chi connectivity index (χ2n) is 5.91. The van der Waals surface area contributed by atoms with Crippen molar-refractivity contribution < 1.29 is 9.15 Å². The molecule has 0 radical (unpaired) electrons. The van der Waals surface area contributed by atoms with Crippen LogP contribution in [-0.4, -0.2) is 26.9 Å². The highest BCUT2D eigenvalue weighted by molar-refractivity contribution is 7.17. The molecular weight excluding hydrogens is 360 g/mol. The van der Waals surface area contributed by atoms with Gasteiger partial charge in [-0.25, -0.2) is 0 Å². The Bertz CT molecular complexity index is 1230. The Kier molecular flexibility index (Phi) is 3.72. The molecule has 7 heteroatoms. The van der Waals surface area contributed by atoms with E-state index in [2.05, 4.69) is 15.3 Å². The van der Waals surface area contributed by atoms with Gasteiger partial charge in [-0.1, -0.05) is 47.7 Å². The predicted molar refractivity (Wildman–Crippen MR) is 106 cm³/mol. The molecule has 0 saturated carbocycles. The summed E-state index contributed by atoms with van der Waals surface area (Å²) < 4.78 is 12.8. The lowest BCUT2D eigenvalue weighted by Gasteiger charge is -1.98. The van der Waals surface area contributed by atoms with E-state index < -0.39 is 0 Å². The van der Waals surface area contributed by atoms with Crippen molar-refractivity contribution in [2.75, 3.05) is 7.11 Å². The summed E-state index contributed by atoms with van der Waals surface area (Å²) in [7, 11) is 1.66. The Labute approximate surface area is 158 Å². The molecule has 132 valence electrons. The van der Waals surface area contributed by atoms with Crippen LogP contribution in [0.2, 0.25) is 0 Å². The summed E-state index contributed by atoms with van der Waals surface area (Å²) in [6.07, 6.45) is 3.97. The number of rotatable bonds is 4. The first kappa shape index (κ1) is 15.8. The maximum absolute atomic E-state index is 5.89. The van der Waals surface area contributed by atoms with Crippen LogP contribution in [0, 0.1) is 0 Å². The molecule has 3 aromatic heterocycles. The van der Waals surface area contributed by atoms with E-state index in [4.69, 9.17) is 9.15 Å². The largest absolute Gasteiger partial charge is 0.497 e. The van der Waals surface area contributed by atoms with Crippen molar-refractivity contribution in [3.8, 4) is 17.3 Å². The lowest BCUT2D eigenvalue weighted by Crippen LogP contribution is -1.89. The molecule has 0 aliphatic heterocycles. The summed E-state index contributed by atoms with van der Waals surface area (Å²) in [5.74, 6) is 2.09. The number of nitrogens with zero attached hydrogens (tertiary/aromatic N) is 4. The van der Waals surface area contributed by atoms with Crippen LogP contribution in [0.25, 0.3) is 39.7 Å². The topological polar surface area (TPSA) is 65.5 Å². The SMILES string of the molecule is COc1ccc(C=Cc2nn3c(-c4cc5ccccc5o4)nnc3s2)cc1. The van der Waals surface area contributed by atoms with E-state index >= 15 is 0 Å². The van der Waals surface area contributed by atoms with Crippen LogP contribution in [0.1, 0.15) is 10.6 Å². The van der Waals surface area contributed by atoms with Gasteiger partial charge in [0.25, 0.3) is 0 Å². The Hall–Kier alpha value is -3.45. The maximum Gasteiger partial charge on any atom is 0.235 e. The van der Waals surface area contributed by atoms with E-state index in [1.807, 2.05) is 66.7 Å². The number of hydrogen-bond acceptors (Lipinski definition) is 6. The molecule has 0 fully saturated rings. The van der Waals surface area contributed by atoms with Gasteiger partial charge in [-0.3, -0.25) is 0 Å². The Morgan fingerprint density at radius 1 is 1.04 bits per heavy atom. The van der Waals surface area contributed by atoms with Crippen LogP contribution >= 0.6 is 11.3 Å². The number of hydrogen-bond donors (Lipinski definition) is 0. The van der Waals surface area contributed by atoms with E-state index in [-0.39, 0.29) is 0 Å². The van der Waals surface area contributed by atoms with Gasteiger partial charge in [-0.05, 0) is 35.9 Å². The van der Waals surface area contributed by atoms with Crippen LogP contribution in [0.4, 0.5) is 0 Å². The summed E-state index contributed by atoms with van der Waals surface area (Å²) in [6, 6.07) is 17.7. The van der Waals surface area contributed by atoms with Gasteiger partial charge >= 0.3 is 0 Å². The Balaban J connectivity index is 1.48. The van der Waals surface area contributed by atoms with E-state index in [9.17, 15) is 0 Å². The van der Waals surface area contributed by atoms with Gasteiger partial charge in [0.1, 0.15) is 16.3 Å². The molecule has 0 aliphatic rings. The van der Waals surface area contributed by atoms with Crippen LogP contribution in [0.15, 0.2) is 59.0 Å². The highest BCUT2D eigenvalue weighted by atomic mass is 32.1. The third-order valence-electron chi connectivity index (χ3n) is 4.19. The molecule has 0 N–H and O–H groups in total. The average Bonchev–Trinajstić information content (AvgIpc) is 3.40. The fourth-order valence-electron chi connectivity index (χ4n) is 2.83. The number of para-hydroxylation sites is 1. The fraction of sp³-hybridized carbons (Fsp3) is 0.0500. The van der Waals surface area contributed by atoms with E-state index in [0.717, 1.165) is 32.3 Å². The van der Waals surface area contributed by atoms with Crippen molar-refractivity contribution in [3.05, 3.63) is 65.2 Å². The molecule has 2 aromatic carbocycles. The summed E-state index contributed by atoms with van der Waals surface area (Å²) in [5, 5.41) is 14.9. The first-order valence-corrected chi connectivity index (χ1v) is 9.15. The van der Waals surface area contributed by atoms with Gasteiger partial charge in [0.2, 0.25) is 10.8 Å².